The number of hydrogen-bond donors (Lipinski definition) is 0. The Morgan fingerprint density at radius 1 is 1.07 bits per heavy atom. The Morgan fingerprint density at radius 3 is 2.55 bits per heavy atom. The molecule has 0 unspecified atom stereocenters. The molecule has 1 saturated carbocycles. The third-order valence-electron chi connectivity index (χ3n) is 7.95. The van der Waals surface area contributed by atoms with Gasteiger partial charge in [0.1, 0.15) is 30.5 Å². The molecule has 220 valence electrons. The van der Waals surface area contributed by atoms with Crippen molar-refractivity contribution in [1.29, 1.82) is 0 Å². The van der Waals surface area contributed by atoms with E-state index in [0.717, 1.165) is 67.1 Å². The third-order valence-corrected chi connectivity index (χ3v) is 7.95. The van der Waals surface area contributed by atoms with Gasteiger partial charge in [-0.25, -0.2) is 14.5 Å². The monoisotopic (exact) mass is 573 g/mol. The molecule has 2 aliphatic rings. The summed E-state index contributed by atoms with van der Waals surface area (Å²) < 4.78 is 20.4. The van der Waals surface area contributed by atoms with Gasteiger partial charge in [0.25, 0.3) is 0 Å². The van der Waals surface area contributed by atoms with Gasteiger partial charge in [-0.05, 0) is 37.8 Å². The van der Waals surface area contributed by atoms with Gasteiger partial charge in [-0.1, -0.05) is 4.98 Å². The molecule has 0 atom stereocenters. The fourth-order valence-corrected chi connectivity index (χ4v) is 5.49. The van der Waals surface area contributed by atoms with Crippen molar-refractivity contribution >= 4 is 35.3 Å². The summed E-state index contributed by atoms with van der Waals surface area (Å²) in [6, 6.07) is 6.09. The molecule has 4 aromatic rings. The van der Waals surface area contributed by atoms with E-state index in [-0.39, 0.29) is 18.7 Å². The summed E-state index contributed by atoms with van der Waals surface area (Å²) in [5.74, 6) is 2.90. The highest BCUT2D eigenvalue weighted by Gasteiger charge is 2.28. The number of rotatable bonds is 9. The average Bonchev–Trinajstić information content (AvgIpc) is 3.41. The van der Waals surface area contributed by atoms with Gasteiger partial charge in [-0.3, -0.25) is 9.72 Å². The smallest absolute Gasteiger partial charge is 0.398 e. The van der Waals surface area contributed by atoms with E-state index in [4.69, 9.17) is 24.2 Å². The van der Waals surface area contributed by atoms with Crippen LogP contribution in [0.2, 0.25) is 0 Å². The molecular weight excluding hydrogens is 538 g/mol. The van der Waals surface area contributed by atoms with Crippen molar-refractivity contribution in [2.75, 3.05) is 43.2 Å². The van der Waals surface area contributed by atoms with Crippen molar-refractivity contribution in [1.82, 2.24) is 29.5 Å². The van der Waals surface area contributed by atoms with E-state index in [9.17, 15) is 5.21 Å². The highest BCUT2D eigenvalue weighted by molar-refractivity contribution is 5.87. The highest BCUT2D eigenvalue weighted by Crippen LogP contribution is 2.34. The van der Waals surface area contributed by atoms with Gasteiger partial charge in [0.15, 0.2) is 5.69 Å². The Morgan fingerprint density at radius 2 is 1.83 bits per heavy atom. The molecule has 0 amide bonds. The van der Waals surface area contributed by atoms with Gasteiger partial charge in [-0.2, -0.15) is 4.98 Å². The molecular formula is C29H35N9O4. The van der Waals surface area contributed by atoms with Gasteiger partial charge in [0.2, 0.25) is 11.8 Å². The maximum atomic E-state index is 11.6. The molecule has 0 N–H and O–H groups in total. The largest absolute Gasteiger partial charge is 0.741 e. The molecule has 42 heavy (non-hydrogen) atoms. The zero-order valence-corrected chi connectivity index (χ0v) is 23.9. The molecule has 0 radical (unpaired) electrons. The average molecular weight is 574 g/mol. The van der Waals surface area contributed by atoms with E-state index in [0.29, 0.717) is 35.6 Å². The summed E-state index contributed by atoms with van der Waals surface area (Å²) >= 11 is 0. The third kappa shape index (κ3) is 5.91. The first kappa shape index (κ1) is 27.6. The van der Waals surface area contributed by atoms with Gasteiger partial charge in [-0.15, -0.1) is 0 Å². The lowest BCUT2D eigenvalue weighted by Crippen LogP contribution is -2.39. The summed E-state index contributed by atoms with van der Waals surface area (Å²) in [6.07, 6.45) is 10.6. The minimum Gasteiger partial charge on any atom is -0.741 e. The number of anilines is 2. The molecule has 6 rings (SSSR count). The number of ether oxygens (including phenoxy) is 3. The van der Waals surface area contributed by atoms with Gasteiger partial charge in [0, 0.05) is 51.4 Å². The summed E-state index contributed by atoms with van der Waals surface area (Å²) in [5, 5.41) is 12.4. The van der Waals surface area contributed by atoms with Gasteiger partial charge in [0.05, 0.1) is 37.4 Å². The van der Waals surface area contributed by atoms with Gasteiger partial charge < -0.3 is 29.2 Å². The maximum absolute atomic E-state index is 11.6. The lowest BCUT2D eigenvalue weighted by atomic mass is 9.92. The van der Waals surface area contributed by atoms with Crippen LogP contribution in [-0.4, -0.2) is 86.4 Å². The van der Waals surface area contributed by atoms with Crippen LogP contribution < -0.4 is 19.3 Å². The van der Waals surface area contributed by atoms with E-state index in [1.165, 1.54) is 0 Å². The molecule has 13 heteroatoms. The van der Waals surface area contributed by atoms with Crippen molar-refractivity contribution < 1.29 is 18.9 Å². The Balaban J connectivity index is 1.21. The summed E-state index contributed by atoms with van der Waals surface area (Å²) in [7, 11) is 3.80. The predicted molar refractivity (Wildman–Crippen MR) is 158 cm³/mol. The second-order valence-electron chi connectivity index (χ2n) is 10.6. The number of aromatic nitrogens is 6. The summed E-state index contributed by atoms with van der Waals surface area (Å²) in [5.41, 5.74) is 1.51. The Bertz CT molecular complexity index is 1530. The van der Waals surface area contributed by atoms with E-state index < -0.39 is 0 Å². The molecule has 1 saturated heterocycles. The molecule has 0 bridgehead atoms. The fraction of sp³-hybridized carbons (Fsp3) is 0.448. The zero-order chi connectivity index (χ0) is 29.1. The van der Waals surface area contributed by atoms with Crippen LogP contribution in [0.15, 0.2) is 43.0 Å². The lowest BCUT2D eigenvalue weighted by Gasteiger charge is -2.34. The van der Waals surface area contributed by atoms with Crippen molar-refractivity contribution in [2.24, 2.45) is 7.05 Å². The topological polar surface area (TPSA) is 130 Å². The summed E-state index contributed by atoms with van der Waals surface area (Å²) in [4.78, 5) is 27.0. The number of morpholine rings is 1. The number of hydrogen-bond acceptors (Lipinski definition) is 11. The highest BCUT2D eigenvalue weighted by atomic mass is 16.5. The van der Waals surface area contributed by atoms with Crippen LogP contribution in [0.25, 0.3) is 10.9 Å². The number of fused-ring (bicyclic) bond motifs is 1. The molecule has 0 aromatic carbocycles. The normalized spacial score (nSPS) is 19.0. The van der Waals surface area contributed by atoms with Crippen LogP contribution >= 0.6 is 0 Å². The maximum Gasteiger partial charge on any atom is 0.398 e. The lowest BCUT2D eigenvalue weighted by molar-refractivity contribution is -0.362. The first-order valence-electron chi connectivity index (χ1n) is 14.2. The molecule has 5 heterocycles. The number of imidazole rings is 1. The fourth-order valence-electron chi connectivity index (χ4n) is 5.49. The molecule has 1 aliphatic carbocycles. The minimum absolute atomic E-state index is 0.0251. The summed E-state index contributed by atoms with van der Waals surface area (Å²) in [6.45, 7) is 6.42. The molecule has 13 nitrogen and oxygen atoms in total. The van der Waals surface area contributed by atoms with Crippen molar-refractivity contribution in [3.05, 3.63) is 53.9 Å². The van der Waals surface area contributed by atoms with E-state index >= 15 is 0 Å². The van der Waals surface area contributed by atoms with E-state index in [1.807, 2.05) is 18.2 Å². The van der Waals surface area contributed by atoms with Crippen molar-refractivity contribution in [3.63, 3.8) is 0 Å². The van der Waals surface area contributed by atoms with Crippen LogP contribution in [0.5, 0.6) is 11.6 Å². The Hall–Kier alpha value is -4.52. The van der Waals surface area contributed by atoms with E-state index in [2.05, 4.69) is 38.5 Å². The zero-order valence-electron chi connectivity index (χ0n) is 23.9. The van der Waals surface area contributed by atoms with Crippen molar-refractivity contribution in [3.8, 4) is 11.6 Å². The molecule has 1 aliphatic heterocycles. The molecule has 4 aromatic heterocycles. The number of pyridine rings is 2. The standard InChI is InChI=1S/C29H35N9O4/c1-35(28-30-9-4-10-31-28)20-5-7-22(8-6-20)42-27-24-15-23(41-19-21-17-33-29(36(21)2)37(3)39)18-32-25(24)16-26(34-27)38-11-13-40-14-12-38/h4,9-10,15-18,20,22H,3,5-8,11-14,19H2,1-2H3. The van der Waals surface area contributed by atoms with Crippen LogP contribution in [0.4, 0.5) is 17.7 Å². The Labute approximate surface area is 244 Å². The second-order valence-corrected chi connectivity index (χ2v) is 10.6. The Kier molecular flexibility index (Phi) is 8.00. The first-order chi connectivity index (χ1) is 20.5. The quantitative estimate of drug-likeness (QED) is 0.127. The second kappa shape index (κ2) is 12.1. The molecule has 2 fully saturated rings. The van der Waals surface area contributed by atoms with Crippen LogP contribution in [-0.2, 0) is 18.4 Å². The number of nitrogens with zero attached hydrogens (tertiary/aromatic N) is 9. The SMILES string of the molecule is C=[N+]([O-])c1ncc(COc2cnc3cc(N4CCOCC4)nc(OC4CCC(N(C)c5ncccn5)CC4)c3c2)n1C. The van der Waals surface area contributed by atoms with Crippen molar-refractivity contribution in [2.45, 2.75) is 44.4 Å². The predicted octanol–water partition coefficient (Wildman–Crippen LogP) is 3.24. The van der Waals surface area contributed by atoms with Crippen LogP contribution in [0.1, 0.15) is 31.4 Å². The van der Waals surface area contributed by atoms with Gasteiger partial charge >= 0.3 is 5.95 Å². The van der Waals surface area contributed by atoms with Crippen LogP contribution in [0, 0.1) is 5.21 Å². The first-order valence-corrected chi connectivity index (χ1v) is 14.2. The minimum atomic E-state index is 0.0251. The van der Waals surface area contributed by atoms with Crippen LogP contribution in [0.3, 0.4) is 0 Å². The molecule has 0 spiro atoms. The van der Waals surface area contributed by atoms with E-state index in [1.54, 1.807) is 36.4 Å².